The molecule has 3 nitrogen and oxygen atoms in total. The molecule has 0 spiro atoms. The van der Waals surface area contributed by atoms with Crippen LogP contribution in [0, 0.1) is 0 Å². The molecule has 0 aliphatic carbocycles. The Morgan fingerprint density at radius 2 is 2.15 bits per heavy atom. The first kappa shape index (κ1) is 10.9. The molecular formula is C9H18N2OS. The molecule has 1 rings (SSSR count). The van der Waals surface area contributed by atoms with Crippen LogP contribution in [0.1, 0.15) is 25.7 Å². The molecule has 0 saturated carbocycles. The molecule has 0 aromatic rings. The monoisotopic (exact) mass is 202 g/mol. The van der Waals surface area contributed by atoms with Gasteiger partial charge in [-0.15, -0.1) is 0 Å². The van der Waals surface area contributed by atoms with Crippen molar-refractivity contribution in [1.82, 2.24) is 5.32 Å². The highest BCUT2D eigenvalue weighted by Gasteiger charge is 2.11. The van der Waals surface area contributed by atoms with Gasteiger partial charge in [-0.1, -0.05) is 0 Å². The zero-order chi connectivity index (χ0) is 9.52. The van der Waals surface area contributed by atoms with E-state index in [0.717, 1.165) is 13.0 Å². The maximum atomic E-state index is 10.4. The van der Waals surface area contributed by atoms with Gasteiger partial charge in [-0.2, -0.15) is 11.8 Å². The number of primary amides is 1. The second-order valence-corrected chi connectivity index (χ2v) is 4.64. The Labute approximate surface area is 83.8 Å². The molecule has 1 aliphatic rings. The van der Waals surface area contributed by atoms with Gasteiger partial charge in [-0.3, -0.25) is 4.79 Å². The van der Waals surface area contributed by atoms with Gasteiger partial charge in [0.25, 0.3) is 0 Å². The Kier molecular flexibility index (Phi) is 5.23. The third-order valence-corrected chi connectivity index (χ3v) is 3.30. The van der Waals surface area contributed by atoms with Crippen LogP contribution in [0.25, 0.3) is 0 Å². The van der Waals surface area contributed by atoms with Crippen LogP contribution in [-0.2, 0) is 4.79 Å². The molecule has 0 aromatic carbocycles. The highest BCUT2D eigenvalue weighted by atomic mass is 32.2. The SMILES string of the molecule is NC(=O)CCCNC1CCSCC1. The molecule has 3 N–H and O–H groups in total. The number of hydrogen-bond acceptors (Lipinski definition) is 3. The first-order valence-corrected chi connectivity index (χ1v) is 6.04. The third-order valence-electron chi connectivity index (χ3n) is 2.25. The normalized spacial score (nSPS) is 18.8. The van der Waals surface area contributed by atoms with E-state index in [9.17, 15) is 4.79 Å². The van der Waals surface area contributed by atoms with Crippen LogP contribution >= 0.6 is 11.8 Å². The lowest BCUT2D eigenvalue weighted by atomic mass is 10.1. The van der Waals surface area contributed by atoms with E-state index in [-0.39, 0.29) is 5.91 Å². The van der Waals surface area contributed by atoms with Crippen LogP contribution in [0.5, 0.6) is 0 Å². The number of nitrogens with one attached hydrogen (secondary N) is 1. The summed E-state index contributed by atoms with van der Waals surface area (Å²) in [5, 5.41) is 3.46. The maximum Gasteiger partial charge on any atom is 0.217 e. The average molecular weight is 202 g/mol. The van der Waals surface area contributed by atoms with E-state index in [2.05, 4.69) is 5.32 Å². The summed E-state index contributed by atoms with van der Waals surface area (Å²) in [6, 6.07) is 0.675. The topological polar surface area (TPSA) is 55.1 Å². The van der Waals surface area contributed by atoms with E-state index in [1.807, 2.05) is 11.8 Å². The standard InChI is InChI=1S/C9H18N2OS/c10-9(12)2-1-5-11-8-3-6-13-7-4-8/h8,11H,1-7H2,(H2,10,12). The van der Waals surface area contributed by atoms with Gasteiger partial charge in [0, 0.05) is 12.5 Å². The molecule has 1 fully saturated rings. The fraction of sp³-hybridized carbons (Fsp3) is 0.889. The number of hydrogen-bond donors (Lipinski definition) is 2. The predicted molar refractivity (Wildman–Crippen MR) is 56.8 cm³/mol. The van der Waals surface area contributed by atoms with Crippen molar-refractivity contribution in [3.63, 3.8) is 0 Å². The van der Waals surface area contributed by atoms with Crippen molar-refractivity contribution in [3.05, 3.63) is 0 Å². The van der Waals surface area contributed by atoms with Gasteiger partial charge in [0.1, 0.15) is 0 Å². The van der Waals surface area contributed by atoms with Gasteiger partial charge in [-0.25, -0.2) is 0 Å². The number of rotatable bonds is 5. The fourth-order valence-corrected chi connectivity index (χ4v) is 2.58. The summed E-state index contributed by atoms with van der Waals surface area (Å²) in [4.78, 5) is 10.4. The van der Waals surface area contributed by atoms with Crippen LogP contribution in [0.15, 0.2) is 0 Å². The molecule has 1 heterocycles. The van der Waals surface area contributed by atoms with Gasteiger partial charge < -0.3 is 11.1 Å². The fourth-order valence-electron chi connectivity index (χ4n) is 1.47. The van der Waals surface area contributed by atoms with Crippen molar-refractivity contribution in [2.75, 3.05) is 18.1 Å². The van der Waals surface area contributed by atoms with Gasteiger partial charge in [0.2, 0.25) is 5.91 Å². The second kappa shape index (κ2) is 6.27. The van der Waals surface area contributed by atoms with E-state index in [0.29, 0.717) is 12.5 Å². The lowest BCUT2D eigenvalue weighted by Gasteiger charge is -2.22. The summed E-state index contributed by atoms with van der Waals surface area (Å²) < 4.78 is 0. The number of carbonyl (C=O) groups is 1. The van der Waals surface area contributed by atoms with E-state index in [4.69, 9.17) is 5.73 Å². The lowest BCUT2D eigenvalue weighted by molar-refractivity contribution is -0.118. The minimum absolute atomic E-state index is 0.194. The molecule has 0 aromatic heterocycles. The molecule has 1 amide bonds. The number of thioether (sulfide) groups is 1. The maximum absolute atomic E-state index is 10.4. The molecule has 4 heteroatoms. The minimum atomic E-state index is -0.194. The molecule has 1 saturated heterocycles. The second-order valence-electron chi connectivity index (χ2n) is 3.41. The van der Waals surface area contributed by atoms with E-state index in [1.165, 1.54) is 24.3 Å². The summed E-state index contributed by atoms with van der Waals surface area (Å²) in [5.74, 6) is 2.35. The van der Waals surface area contributed by atoms with Crippen molar-refractivity contribution < 1.29 is 4.79 Å². The van der Waals surface area contributed by atoms with Crippen LogP contribution in [-0.4, -0.2) is 30.0 Å². The summed E-state index contributed by atoms with van der Waals surface area (Å²) >= 11 is 2.03. The molecule has 0 bridgehead atoms. The average Bonchev–Trinajstić information content (AvgIpc) is 2.14. The minimum Gasteiger partial charge on any atom is -0.370 e. The molecular weight excluding hydrogens is 184 g/mol. The molecule has 1 aliphatic heterocycles. The quantitative estimate of drug-likeness (QED) is 0.646. The Hall–Kier alpha value is -0.220. The van der Waals surface area contributed by atoms with Gasteiger partial charge >= 0.3 is 0 Å². The number of carbonyl (C=O) groups excluding carboxylic acids is 1. The van der Waals surface area contributed by atoms with Crippen molar-refractivity contribution in [3.8, 4) is 0 Å². The predicted octanol–water partition coefficient (Wildman–Crippen LogP) is 0.737. The van der Waals surface area contributed by atoms with Crippen molar-refractivity contribution in [1.29, 1.82) is 0 Å². The largest absolute Gasteiger partial charge is 0.370 e. The lowest BCUT2D eigenvalue weighted by Crippen LogP contribution is -2.33. The van der Waals surface area contributed by atoms with E-state index >= 15 is 0 Å². The van der Waals surface area contributed by atoms with Crippen molar-refractivity contribution in [2.24, 2.45) is 5.73 Å². The summed E-state index contributed by atoms with van der Waals surface area (Å²) in [6.07, 6.45) is 3.91. The van der Waals surface area contributed by atoms with Crippen LogP contribution in [0.2, 0.25) is 0 Å². The zero-order valence-corrected chi connectivity index (χ0v) is 8.74. The van der Waals surface area contributed by atoms with E-state index < -0.39 is 0 Å². The first-order valence-electron chi connectivity index (χ1n) is 4.88. The molecule has 0 atom stereocenters. The van der Waals surface area contributed by atoms with Gasteiger partial charge in [0.05, 0.1) is 0 Å². The van der Waals surface area contributed by atoms with Gasteiger partial charge in [0.15, 0.2) is 0 Å². The van der Waals surface area contributed by atoms with Crippen molar-refractivity contribution >= 4 is 17.7 Å². The molecule has 0 unspecified atom stereocenters. The Balaban J connectivity index is 1.95. The summed E-state index contributed by atoms with van der Waals surface area (Å²) in [7, 11) is 0. The Morgan fingerprint density at radius 3 is 2.77 bits per heavy atom. The summed E-state index contributed by atoms with van der Waals surface area (Å²) in [6.45, 7) is 0.929. The van der Waals surface area contributed by atoms with Gasteiger partial charge in [-0.05, 0) is 37.3 Å². The Bertz CT molecular complexity index is 158. The zero-order valence-electron chi connectivity index (χ0n) is 7.92. The first-order chi connectivity index (χ1) is 6.29. The summed E-state index contributed by atoms with van der Waals surface area (Å²) in [5.41, 5.74) is 5.04. The highest BCUT2D eigenvalue weighted by molar-refractivity contribution is 7.99. The van der Waals surface area contributed by atoms with Crippen LogP contribution in [0.4, 0.5) is 0 Å². The number of amides is 1. The smallest absolute Gasteiger partial charge is 0.217 e. The van der Waals surface area contributed by atoms with E-state index in [1.54, 1.807) is 0 Å². The number of nitrogens with two attached hydrogens (primary N) is 1. The molecule has 76 valence electrons. The van der Waals surface area contributed by atoms with Crippen molar-refractivity contribution in [2.45, 2.75) is 31.7 Å². The molecule has 0 radical (unpaired) electrons. The van der Waals surface area contributed by atoms with Crippen LogP contribution in [0.3, 0.4) is 0 Å². The molecule has 13 heavy (non-hydrogen) atoms. The van der Waals surface area contributed by atoms with Crippen LogP contribution < -0.4 is 11.1 Å². The third kappa shape index (κ3) is 5.16. The Morgan fingerprint density at radius 1 is 1.46 bits per heavy atom. The highest BCUT2D eigenvalue weighted by Crippen LogP contribution is 2.16.